The lowest BCUT2D eigenvalue weighted by molar-refractivity contribution is 0.393. The minimum atomic E-state index is 0.944. The Hall–Kier alpha value is -9.05. The Kier molecular flexibility index (Phi) is 362. The van der Waals surface area contributed by atoms with Gasteiger partial charge in [0.15, 0.2) is 0 Å². The van der Waals surface area contributed by atoms with Crippen molar-refractivity contribution in [1.82, 2.24) is 125 Å². The number of aromatic nitrogens is 25. The molecule has 0 spiro atoms. The highest BCUT2D eigenvalue weighted by Crippen LogP contribution is 1.83. The van der Waals surface area contributed by atoms with Crippen LogP contribution >= 0.6 is 23.1 Å². The molecule has 0 radical (unpaired) electrons. The van der Waals surface area contributed by atoms with Crippen molar-refractivity contribution in [3.63, 3.8) is 0 Å². The van der Waals surface area contributed by atoms with Crippen LogP contribution in [-0.4, -0.2) is 125 Å². The highest BCUT2D eigenvalue weighted by atomic mass is 32.1. The molecule has 0 saturated heterocycles. The van der Waals surface area contributed by atoms with Gasteiger partial charge in [0.1, 0.15) is 74.5 Å². The van der Waals surface area contributed by atoms with Crippen LogP contribution in [0, 0.1) is 6.92 Å². The number of rotatable bonds is 0. The van der Waals surface area contributed by atoms with Crippen molar-refractivity contribution < 1.29 is 4.52 Å². The van der Waals surface area contributed by atoms with E-state index < -0.39 is 0 Å². The van der Waals surface area contributed by atoms with E-state index in [1.165, 1.54) is 92.3 Å². The number of pyridine rings is 1. The predicted octanol–water partition coefficient (Wildman–Crippen LogP) is 23.9. The average molecular weight is 1490 g/mol. The molecule has 0 atom stereocenters. The summed E-state index contributed by atoms with van der Waals surface area (Å²) in [7, 11) is 1.91. The molecular formula is C75H159N25OS2. The van der Waals surface area contributed by atoms with E-state index in [0.717, 1.165) is 5.82 Å². The maximum atomic E-state index is 4.22. The zero-order valence-corrected chi connectivity index (χ0v) is 75.1. The maximum Gasteiger partial charge on any atom is 0.144 e. The first-order valence-electron chi connectivity index (χ1n) is 37.1. The van der Waals surface area contributed by atoms with Gasteiger partial charge in [-0.1, -0.05) is 288 Å². The summed E-state index contributed by atoms with van der Waals surface area (Å²) in [4.78, 5) is 40.1. The van der Waals surface area contributed by atoms with E-state index in [9.17, 15) is 0 Å². The number of H-pyrrole nitrogens is 1. The van der Waals surface area contributed by atoms with Gasteiger partial charge in [0.25, 0.3) is 0 Å². The van der Waals surface area contributed by atoms with Crippen LogP contribution in [0.5, 0.6) is 0 Å². The molecule has 11 heterocycles. The monoisotopic (exact) mass is 1490 g/mol. The molecule has 0 aliphatic heterocycles. The summed E-state index contributed by atoms with van der Waals surface area (Å²) < 4.78 is 13.2. The molecule has 28 heteroatoms. The topological polar surface area (TPSA) is 330 Å². The summed E-state index contributed by atoms with van der Waals surface area (Å²) in [5.74, 6) is 0.944. The quantitative estimate of drug-likeness (QED) is 0.147. The van der Waals surface area contributed by atoms with E-state index in [2.05, 4.69) is 124 Å². The molecule has 0 aromatic carbocycles. The number of nitrogens with zero attached hydrogens (tertiary/aromatic N) is 24. The first kappa shape index (κ1) is 148. The third kappa shape index (κ3) is 237. The van der Waals surface area contributed by atoms with Crippen LogP contribution in [0.1, 0.15) is 283 Å². The third-order valence-electron chi connectivity index (χ3n) is 4.93. The summed E-state index contributed by atoms with van der Waals surface area (Å²) in [6.07, 6.45) is 37.7. The molecule has 0 fully saturated rings. The maximum absolute atomic E-state index is 4.22. The van der Waals surface area contributed by atoms with Crippen LogP contribution in [0.15, 0.2) is 202 Å². The fraction of sp³-hybridized carbons (Fsp3) is 0.560. The van der Waals surface area contributed by atoms with Gasteiger partial charge in [-0.05, 0) is 60.3 Å². The fourth-order valence-corrected chi connectivity index (χ4v) is 2.94. The van der Waals surface area contributed by atoms with Gasteiger partial charge in [0.2, 0.25) is 0 Å². The van der Waals surface area contributed by atoms with E-state index in [1.807, 2.05) is 331 Å². The first-order chi connectivity index (χ1) is 51.3. The van der Waals surface area contributed by atoms with Gasteiger partial charge in [0.05, 0.1) is 18.6 Å². The largest absolute Gasteiger partial charge is 0.346 e. The molecule has 0 amide bonds. The van der Waals surface area contributed by atoms with Crippen molar-refractivity contribution in [3.05, 3.63) is 203 Å². The molecular weight excluding hydrogens is 1330 g/mol. The summed E-state index contributed by atoms with van der Waals surface area (Å²) in [5.41, 5.74) is 1.68. The molecule has 0 unspecified atom stereocenters. The van der Waals surface area contributed by atoms with Crippen LogP contribution in [0.25, 0.3) is 0 Å². The van der Waals surface area contributed by atoms with Crippen LogP contribution in [0.4, 0.5) is 0 Å². The number of aryl methyl sites for hydroxylation is 2. The minimum absolute atomic E-state index is 0.944. The number of hydrogen-bond acceptors (Lipinski definition) is 26. The molecule has 1 N–H and O–H groups in total. The summed E-state index contributed by atoms with van der Waals surface area (Å²) in [6.45, 7) is 81.9. The molecule has 0 aliphatic rings. The van der Waals surface area contributed by atoms with Crippen LogP contribution < -0.4 is 0 Å². The van der Waals surface area contributed by atoms with Gasteiger partial charge in [-0.3, -0.25) is 20.1 Å². The van der Waals surface area contributed by atoms with Crippen LogP contribution in [0.2, 0.25) is 0 Å². The lowest BCUT2D eigenvalue weighted by atomic mass is 10.5. The lowest BCUT2D eigenvalue weighted by Gasteiger charge is -1.84. The molecule has 0 aliphatic carbocycles. The Balaban J connectivity index is -0.0000000390. The van der Waals surface area contributed by atoms with Crippen molar-refractivity contribution >= 4 is 23.1 Å². The Morgan fingerprint density at radius 3 is 0.786 bits per heavy atom. The second kappa shape index (κ2) is 251. The van der Waals surface area contributed by atoms with Gasteiger partial charge >= 0.3 is 0 Å². The predicted molar refractivity (Wildman–Crippen MR) is 453 cm³/mol. The zero-order chi connectivity index (χ0) is 84.9. The Morgan fingerprint density at radius 2 is 0.680 bits per heavy atom. The SMILES string of the molecule is CC.CC.CC.CC.CC.CC.CC.CC.CC.CC.CC.CC.CC.CC.CC.CC.CC.CC.CC.CC.Cc1nncn1C.c1ccncc1.c1ccnnc1.c1cnccn1.c1cncnc1.c1cnncn1.c1conn1.c1csnn1.c1nc[nH]n1.c1ncncn1.c1ncsn1. The standard InChI is InChI=1S/C5H5N.C4H7N3.3C4H4N2.2C3H3N3.C2H3N3.C2H2N2O.2C2H2N2S.20C2H6/c1-2-4-6-5-3-1;1-4-6-5-3-7(4)2;1-2-6-4-3-5-1;1-2-5-4-6-3-1;1-2-4-6-5-3-1;1-4-2-6-3-5-1;1-2-5-6-3-4-1;1-3-2-5-4-1;1-2-5-4-3-1;1-3-2-5-4-1;1-2-5-4-3-1;20*1-2/h1-5H;3H,1-2H3;3*1-4H;2*1-3H;1-2H,(H,3,4,5);3*1-2H;20*1-2H3. The molecule has 11 aromatic heterocycles. The number of nitrogens with one attached hydrogen (secondary N) is 1. The lowest BCUT2D eigenvalue weighted by Crippen LogP contribution is -1.86. The van der Waals surface area contributed by atoms with Crippen molar-refractivity contribution in [3.8, 4) is 0 Å². The fourth-order valence-electron chi connectivity index (χ4n) is 2.40. The van der Waals surface area contributed by atoms with Crippen molar-refractivity contribution in [2.24, 2.45) is 7.05 Å². The van der Waals surface area contributed by atoms with Gasteiger partial charge in [-0.2, -0.15) is 24.8 Å². The highest BCUT2D eigenvalue weighted by molar-refractivity contribution is 7.03. The van der Waals surface area contributed by atoms with Crippen molar-refractivity contribution in [2.45, 2.75) is 284 Å². The highest BCUT2D eigenvalue weighted by Gasteiger charge is 1.85. The first-order valence-corrected chi connectivity index (χ1v) is 38.8. The zero-order valence-electron chi connectivity index (χ0n) is 73.4. The number of aromatic amines is 1. The van der Waals surface area contributed by atoms with Gasteiger partial charge in [-0.15, -0.1) is 25.5 Å². The molecule has 0 saturated carbocycles. The van der Waals surface area contributed by atoms with Gasteiger partial charge in [-0.25, -0.2) is 39.9 Å². The third-order valence-corrected chi connectivity index (χ3v) is 5.79. The van der Waals surface area contributed by atoms with E-state index in [4.69, 9.17) is 0 Å². The molecule has 11 aromatic rings. The Morgan fingerprint density at radius 1 is 0.301 bits per heavy atom. The summed E-state index contributed by atoms with van der Waals surface area (Å²) >= 11 is 2.70. The van der Waals surface area contributed by atoms with E-state index >= 15 is 0 Å². The van der Waals surface area contributed by atoms with Crippen molar-refractivity contribution in [1.29, 1.82) is 0 Å². The van der Waals surface area contributed by atoms with Crippen LogP contribution in [-0.2, 0) is 7.05 Å². The van der Waals surface area contributed by atoms with E-state index in [-0.39, 0.29) is 0 Å². The minimum Gasteiger partial charge on any atom is -0.346 e. The van der Waals surface area contributed by atoms with E-state index in [0.29, 0.717) is 0 Å². The normalized spacial score (nSPS) is 6.16. The molecule has 602 valence electrons. The Labute approximate surface area is 642 Å². The summed E-state index contributed by atoms with van der Waals surface area (Å²) in [6, 6.07) is 11.1. The molecule has 103 heavy (non-hydrogen) atoms. The van der Waals surface area contributed by atoms with Crippen molar-refractivity contribution in [2.75, 3.05) is 0 Å². The molecule has 0 bridgehead atoms. The molecule has 11 rings (SSSR count). The number of hydrogen-bond donors (Lipinski definition) is 1. The second-order valence-electron chi connectivity index (χ2n) is 9.22. The van der Waals surface area contributed by atoms with Gasteiger partial charge in [0, 0.05) is 85.9 Å². The average Bonchev–Trinajstić information content (AvgIpc) is 1.87. The Bertz CT molecular complexity index is 1690. The van der Waals surface area contributed by atoms with Crippen LogP contribution in [0.3, 0.4) is 0 Å². The molecule has 26 nitrogen and oxygen atoms in total. The smallest absolute Gasteiger partial charge is 0.144 e. The van der Waals surface area contributed by atoms with Gasteiger partial charge < -0.3 is 9.09 Å². The second-order valence-corrected chi connectivity index (χ2v) is 10.5. The van der Waals surface area contributed by atoms with E-state index in [1.54, 1.807) is 92.3 Å². The summed E-state index contributed by atoms with van der Waals surface area (Å²) in [5, 5.41) is 39.0.